The highest BCUT2D eigenvalue weighted by molar-refractivity contribution is 8.00. The summed E-state index contributed by atoms with van der Waals surface area (Å²) in [5.74, 6) is 7.14. The second kappa shape index (κ2) is 7.71. The highest BCUT2D eigenvalue weighted by Crippen LogP contribution is 2.30. The predicted molar refractivity (Wildman–Crippen MR) is 99.8 cm³/mol. The Hall–Kier alpha value is -2.65. The van der Waals surface area contributed by atoms with E-state index in [1.165, 1.54) is 29.8 Å². The molecule has 0 fully saturated rings. The molecule has 8 nitrogen and oxygen atoms in total. The van der Waals surface area contributed by atoms with Crippen LogP contribution < -0.4 is 15.9 Å². The average molecular weight is 394 g/mol. The third-order valence-electron chi connectivity index (χ3n) is 3.48. The standard InChI is InChI=1S/C16H16ClN5O3S/c1-9(15(23)19-11-8-10(17)5-6-12(11)24-2)26-16-21-20-14(22(16)18)13-4-3-7-25-13/h3-9H,18H2,1-2H3,(H,19,23). The summed E-state index contributed by atoms with van der Waals surface area (Å²) in [7, 11) is 1.52. The highest BCUT2D eigenvalue weighted by atomic mass is 35.5. The summed E-state index contributed by atoms with van der Waals surface area (Å²) in [6, 6.07) is 8.44. The van der Waals surface area contributed by atoms with Crippen LogP contribution in [-0.2, 0) is 4.79 Å². The van der Waals surface area contributed by atoms with Crippen LogP contribution in [0.5, 0.6) is 5.75 Å². The fraction of sp³-hybridized carbons (Fsp3) is 0.188. The first-order valence-electron chi connectivity index (χ1n) is 7.55. The predicted octanol–water partition coefficient (Wildman–Crippen LogP) is 3.03. The second-order valence-electron chi connectivity index (χ2n) is 5.25. The van der Waals surface area contributed by atoms with Crippen molar-refractivity contribution in [1.29, 1.82) is 0 Å². The molecule has 3 N–H and O–H groups in total. The number of carbonyl (C=O) groups excluding carboxylic acids is 1. The van der Waals surface area contributed by atoms with Crippen molar-refractivity contribution < 1.29 is 13.9 Å². The lowest BCUT2D eigenvalue weighted by molar-refractivity contribution is -0.115. The van der Waals surface area contributed by atoms with Gasteiger partial charge >= 0.3 is 0 Å². The fourth-order valence-electron chi connectivity index (χ4n) is 2.16. The molecule has 0 bridgehead atoms. The van der Waals surface area contributed by atoms with E-state index in [1.54, 1.807) is 37.3 Å². The number of thioether (sulfide) groups is 1. The molecule has 1 unspecified atom stereocenters. The van der Waals surface area contributed by atoms with Gasteiger partial charge in [-0.25, -0.2) is 4.68 Å². The summed E-state index contributed by atoms with van der Waals surface area (Å²) in [5.41, 5.74) is 0.489. The lowest BCUT2D eigenvalue weighted by Gasteiger charge is -2.14. The third kappa shape index (κ3) is 3.78. The molecule has 0 spiro atoms. The molecule has 3 rings (SSSR count). The van der Waals surface area contributed by atoms with E-state index in [4.69, 9.17) is 26.6 Å². The van der Waals surface area contributed by atoms with Crippen LogP contribution in [0.1, 0.15) is 6.92 Å². The zero-order valence-electron chi connectivity index (χ0n) is 14.0. The van der Waals surface area contributed by atoms with Crippen molar-refractivity contribution >= 4 is 35.0 Å². The number of nitrogens with two attached hydrogens (primary N) is 1. The van der Waals surface area contributed by atoms with Crippen molar-refractivity contribution in [1.82, 2.24) is 14.9 Å². The maximum Gasteiger partial charge on any atom is 0.237 e. The molecule has 136 valence electrons. The zero-order chi connectivity index (χ0) is 18.7. The SMILES string of the molecule is COc1ccc(Cl)cc1NC(=O)C(C)Sc1nnc(-c2ccco2)n1N. The summed E-state index contributed by atoms with van der Waals surface area (Å²) in [6.45, 7) is 1.73. The van der Waals surface area contributed by atoms with Crippen molar-refractivity contribution in [3.05, 3.63) is 41.6 Å². The van der Waals surface area contributed by atoms with Gasteiger partial charge in [0.05, 0.1) is 24.3 Å². The van der Waals surface area contributed by atoms with Gasteiger partial charge in [0, 0.05) is 5.02 Å². The molecule has 1 amide bonds. The number of amides is 1. The number of halogens is 1. The fourth-order valence-corrected chi connectivity index (χ4v) is 3.10. The summed E-state index contributed by atoms with van der Waals surface area (Å²) in [4.78, 5) is 12.5. The average Bonchev–Trinajstić information content (AvgIpc) is 3.25. The number of nitrogens with zero attached hydrogens (tertiary/aromatic N) is 3. The quantitative estimate of drug-likeness (QED) is 0.489. The number of anilines is 1. The minimum absolute atomic E-state index is 0.252. The van der Waals surface area contributed by atoms with Crippen LogP contribution in [0.15, 0.2) is 46.2 Å². The van der Waals surface area contributed by atoms with Crippen LogP contribution in [0, 0.1) is 0 Å². The smallest absolute Gasteiger partial charge is 0.237 e. The number of nitrogens with one attached hydrogen (secondary N) is 1. The zero-order valence-corrected chi connectivity index (χ0v) is 15.5. The Kier molecular flexibility index (Phi) is 5.38. The van der Waals surface area contributed by atoms with Crippen LogP contribution in [0.2, 0.25) is 5.02 Å². The lowest BCUT2D eigenvalue weighted by Crippen LogP contribution is -2.24. The van der Waals surface area contributed by atoms with Crippen molar-refractivity contribution in [2.75, 3.05) is 18.3 Å². The molecule has 26 heavy (non-hydrogen) atoms. The van der Waals surface area contributed by atoms with Gasteiger partial charge in [-0.3, -0.25) is 4.79 Å². The molecule has 0 aliphatic carbocycles. The van der Waals surface area contributed by atoms with E-state index in [-0.39, 0.29) is 5.91 Å². The van der Waals surface area contributed by atoms with E-state index in [0.717, 1.165) is 0 Å². The Labute approximate surface area is 158 Å². The maximum atomic E-state index is 12.5. The molecule has 0 aliphatic heterocycles. The minimum atomic E-state index is -0.491. The summed E-state index contributed by atoms with van der Waals surface area (Å²) in [6.07, 6.45) is 1.52. The van der Waals surface area contributed by atoms with E-state index in [9.17, 15) is 4.79 Å². The molecular weight excluding hydrogens is 378 g/mol. The molecule has 10 heteroatoms. The topological polar surface area (TPSA) is 108 Å². The number of aromatic nitrogens is 3. The van der Waals surface area contributed by atoms with Crippen LogP contribution >= 0.6 is 23.4 Å². The number of hydrogen-bond acceptors (Lipinski definition) is 7. The molecule has 0 radical (unpaired) electrons. The molecule has 3 aromatic rings. The van der Waals surface area contributed by atoms with Crippen molar-refractivity contribution in [2.45, 2.75) is 17.3 Å². The number of benzene rings is 1. The van der Waals surface area contributed by atoms with Gasteiger partial charge in [0.25, 0.3) is 0 Å². The van der Waals surface area contributed by atoms with Crippen LogP contribution in [-0.4, -0.2) is 33.1 Å². The van der Waals surface area contributed by atoms with Crippen LogP contribution in [0.3, 0.4) is 0 Å². The minimum Gasteiger partial charge on any atom is -0.495 e. The van der Waals surface area contributed by atoms with Gasteiger partial charge in [0.15, 0.2) is 5.76 Å². The molecule has 1 atom stereocenters. The lowest BCUT2D eigenvalue weighted by atomic mass is 10.3. The second-order valence-corrected chi connectivity index (χ2v) is 6.99. The van der Waals surface area contributed by atoms with E-state index in [0.29, 0.717) is 33.2 Å². The van der Waals surface area contributed by atoms with Gasteiger partial charge in [-0.1, -0.05) is 23.4 Å². The molecular formula is C16H16ClN5O3S. The van der Waals surface area contributed by atoms with E-state index in [2.05, 4.69) is 15.5 Å². The van der Waals surface area contributed by atoms with Crippen molar-refractivity contribution in [2.24, 2.45) is 0 Å². The van der Waals surface area contributed by atoms with Gasteiger partial charge < -0.3 is 20.3 Å². The number of hydrogen-bond donors (Lipinski definition) is 2. The molecule has 2 heterocycles. The Bertz CT molecular complexity index is 913. The summed E-state index contributed by atoms with van der Waals surface area (Å²) in [5, 5.41) is 11.2. The first-order chi connectivity index (χ1) is 12.5. The Morgan fingerprint density at radius 2 is 2.23 bits per heavy atom. The monoisotopic (exact) mass is 393 g/mol. The maximum absolute atomic E-state index is 12.5. The van der Waals surface area contributed by atoms with Gasteiger partial charge in [0.1, 0.15) is 5.75 Å². The normalized spacial score (nSPS) is 12.0. The molecule has 0 aliphatic rings. The Morgan fingerprint density at radius 1 is 1.42 bits per heavy atom. The highest BCUT2D eigenvalue weighted by Gasteiger charge is 2.21. The molecule has 0 saturated heterocycles. The third-order valence-corrected chi connectivity index (χ3v) is 4.77. The van der Waals surface area contributed by atoms with Gasteiger partial charge in [-0.05, 0) is 37.3 Å². The first-order valence-corrected chi connectivity index (χ1v) is 8.80. The number of carbonyl (C=O) groups is 1. The van der Waals surface area contributed by atoms with Crippen molar-refractivity contribution in [3.8, 4) is 17.3 Å². The molecule has 0 saturated carbocycles. The van der Waals surface area contributed by atoms with E-state index in [1.807, 2.05) is 0 Å². The largest absolute Gasteiger partial charge is 0.495 e. The van der Waals surface area contributed by atoms with Crippen LogP contribution in [0.4, 0.5) is 5.69 Å². The van der Waals surface area contributed by atoms with Crippen LogP contribution in [0.25, 0.3) is 11.6 Å². The number of ether oxygens (including phenoxy) is 1. The van der Waals surface area contributed by atoms with E-state index < -0.39 is 5.25 Å². The Morgan fingerprint density at radius 3 is 2.92 bits per heavy atom. The Balaban J connectivity index is 1.71. The summed E-state index contributed by atoms with van der Waals surface area (Å²) < 4.78 is 11.8. The number of nitrogen functional groups attached to an aromatic ring is 1. The van der Waals surface area contributed by atoms with Gasteiger partial charge in [-0.2, -0.15) is 0 Å². The molecule has 2 aromatic heterocycles. The first kappa shape index (κ1) is 18.2. The van der Waals surface area contributed by atoms with Crippen molar-refractivity contribution in [3.63, 3.8) is 0 Å². The molecule has 1 aromatic carbocycles. The number of furan rings is 1. The van der Waals surface area contributed by atoms with E-state index >= 15 is 0 Å². The van der Waals surface area contributed by atoms with Gasteiger partial charge in [0.2, 0.25) is 16.9 Å². The van der Waals surface area contributed by atoms with Gasteiger partial charge in [-0.15, -0.1) is 10.2 Å². The number of rotatable bonds is 6. The number of methoxy groups -OCH3 is 1. The summed E-state index contributed by atoms with van der Waals surface area (Å²) >= 11 is 7.15.